The van der Waals surface area contributed by atoms with Gasteiger partial charge in [0.2, 0.25) is 0 Å². The quantitative estimate of drug-likeness (QED) is 0.798. The zero-order chi connectivity index (χ0) is 14.4. The van der Waals surface area contributed by atoms with Gasteiger partial charge >= 0.3 is 0 Å². The summed E-state index contributed by atoms with van der Waals surface area (Å²) in [5.74, 6) is -0.187. The van der Waals surface area contributed by atoms with Crippen molar-refractivity contribution in [2.45, 2.75) is 4.84 Å². The standard InChI is InChI=1S/C15H18Cl2N2O/c16-14(17)15(20)19-11-9-18(10-12-19)8-4-7-13-5-2-1-3-6-13/h1-7,14H,8-12H2/b7-4+. The number of hydrogen-bond donors (Lipinski definition) is 0. The molecule has 1 heterocycles. The molecule has 1 fully saturated rings. The first-order chi connectivity index (χ1) is 9.66. The van der Waals surface area contributed by atoms with Crippen molar-refractivity contribution in [1.82, 2.24) is 9.80 Å². The Hall–Kier alpha value is -1.03. The number of alkyl halides is 2. The smallest absolute Gasteiger partial charge is 0.255 e. The summed E-state index contributed by atoms with van der Waals surface area (Å²) in [7, 11) is 0. The van der Waals surface area contributed by atoms with Gasteiger partial charge in [0, 0.05) is 32.7 Å². The fourth-order valence-corrected chi connectivity index (χ4v) is 2.47. The Morgan fingerprint density at radius 3 is 2.40 bits per heavy atom. The fraction of sp³-hybridized carbons (Fsp3) is 0.400. The summed E-state index contributed by atoms with van der Waals surface area (Å²) in [6, 6.07) is 10.2. The molecule has 0 atom stereocenters. The Bertz CT molecular complexity index is 454. The lowest BCUT2D eigenvalue weighted by molar-refractivity contribution is -0.130. The lowest BCUT2D eigenvalue weighted by Gasteiger charge is -2.34. The molecule has 2 rings (SSSR count). The van der Waals surface area contributed by atoms with Crippen molar-refractivity contribution in [3.05, 3.63) is 42.0 Å². The van der Waals surface area contributed by atoms with E-state index >= 15 is 0 Å². The van der Waals surface area contributed by atoms with E-state index in [1.165, 1.54) is 5.56 Å². The van der Waals surface area contributed by atoms with Crippen molar-refractivity contribution in [2.75, 3.05) is 32.7 Å². The Balaban J connectivity index is 1.75. The SMILES string of the molecule is O=C(C(Cl)Cl)N1CCN(C/C=C/c2ccccc2)CC1. The molecule has 1 aliphatic heterocycles. The molecule has 0 radical (unpaired) electrons. The van der Waals surface area contributed by atoms with Crippen LogP contribution in [0.2, 0.25) is 0 Å². The second-order valence-corrected chi connectivity index (χ2v) is 5.84. The first-order valence-electron chi connectivity index (χ1n) is 6.67. The average molecular weight is 313 g/mol. The lowest BCUT2D eigenvalue weighted by atomic mass is 10.2. The van der Waals surface area contributed by atoms with Crippen molar-refractivity contribution in [3.63, 3.8) is 0 Å². The van der Waals surface area contributed by atoms with Crippen LogP contribution in [0.5, 0.6) is 0 Å². The molecule has 0 aliphatic carbocycles. The number of nitrogens with zero attached hydrogens (tertiary/aromatic N) is 2. The van der Waals surface area contributed by atoms with Crippen molar-refractivity contribution < 1.29 is 4.79 Å². The monoisotopic (exact) mass is 312 g/mol. The van der Waals surface area contributed by atoms with Crippen LogP contribution in [0.3, 0.4) is 0 Å². The molecule has 3 nitrogen and oxygen atoms in total. The van der Waals surface area contributed by atoms with Crippen LogP contribution in [0.4, 0.5) is 0 Å². The Labute approximate surface area is 129 Å². The third-order valence-corrected chi connectivity index (χ3v) is 3.72. The van der Waals surface area contributed by atoms with Crippen LogP contribution in [-0.4, -0.2) is 53.3 Å². The Morgan fingerprint density at radius 1 is 1.15 bits per heavy atom. The highest BCUT2D eigenvalue weighted by Gasteiger charge is 2.24. The van der Waals surface area contributed by atoms with Gasteiger partial charge in [0.25, 0.3) is 5.91 Å². The summed E-state index contributed by atoms with van der Waals surface area (Å²) >= 11 is 11.2. The number of carbonyl (C=O) groups is 1. The zero-order valence-corrected chi connectivity index (χ0v) is 12.7. The van der Waals surface area contributed by atoms with Crippen molar-refractivity contribution in [2.24, 2.45) is 0 Å². The molecule has 1 aromatic carbocycles. The minimum absolute atomic E-state index is 0.187. The maximum absolute atomic E-state index is 11.6. The molecular formula is C15H18Cl2N2O. The summed E-state index contributed by atoms with van der Waals surface area (Å²) < 4.78 is 0. The van der Waals surface area contributed by atoms with E-state index in [1.807, 2.05) is 18.2 Å². The van der Waals surface area contributed by atoms with Crippen molar-refractivity contribution >= 4 is 35.2 Å². The molecule has 1 aliphatic rings. The highest BCUT2D eigenvalue weighted by molar-refractivity contribution is 6.53. The van der Waals surface area contributed by atoms with Crippen LogP contribution in [-0.2, 0) is 4.79 Å². The lowest BCUT2D eigenvalue weighted by Crippen LogP contribution is -2.50. The average Bonchev–Trinajstić information content (AvgIpc) is 2.48. The minimum Gasteiger partial charge on any atom is -0.338 e. The van der Waals surface area contributed by atoms with Crippen LogP contribution in [0, 0.1) is 0 Å². The van der Waals surface area contributed by atoms with Crippen molar-refractivity contribution in [3.8, 4) is 0 Å². The second kappa shape index (κ2) is 7.67. The van der Waals surface area contributed by atoms with Gasteiger partial charge in [0.1, 0.15) is 0 Å². The summed E-state index contributed by atoms with van der Waals surface area (Å²) in [6.45, 7) is 3.97. The van der Waals surface area contributed by atoms with Crippen LogP contribution in [0.25, 0.3) is 6.08 Å². The van der Waals surface area contributed by atoms with Gasteiger partial charge in [0.05, 0.1) is 0 Å². The van der Waals surface area contributed by atoms with Gasteiger partial charge in [-0.05, 0) is 5.56 Å². The van der Waals surface area contributed by atoms with Gasteiger partial charge in [-0.3, -0.25) is 9.69 Å². The predicted octanol–water partition coefficient (Wildman–Crippen LogP) is 2.65. The summed E-state index contributed by atoms with van der Waals surface area (Å²) in [6.07, 6.45) is 4.27. The molecule has 20 heavy (non-hydrogen) atoms. The molecular weight excluding hydrogens is 295 g/mol. The van der Waals surface area contributed by atoms with Crippen LogP contribution >= 0.6 is 23.2 Å². The normalized spacial score (nSPS) is 17.1. The summed E-state index contributed by atoms with van der Waals surface area (Å²) in [5, 5.41) is 0. The molecule has 1 amide bonds. The van der Waals surface area contributed by atoms with Gasteiger partial charge in [-0.25, -0.2) is 0 Å². The maximum atomic E-state index is 11.6. The minimum atomic E-state index is -0.945. The molecule has 1 aromatic rings. The highest BCUT2D eigenvalue weighted by atomic mass is 35.5. The third kappa shape index (κ3) is 4.51. The molecule has 0 bridgehead atoms. The maximum Gasteiger partial charge on any atom is 0.255 e. The largest absolute Gasteiger partial charge is 0.338 e. The molecule has 0 spiro atoms. The van der Waals surface area contributed by atoms with Gasteiger partial charge in [-0.15, -0.1) is 0 Å². The Kier molecular flexibility index (Phi) is 5.89. The van der Waals surface area contributed by atoms with E-state index < -0.39 is 4.84 Å². The first-order valence-corrected chi connectivity index (χ1v) is 7.55. The summed E-state index contributed by atoms with van der Waals surface area (Å²) in [4.78, 5) is 14.7. The number of rotatable bonds is 4. The number of hydrogen-bond acceptors (Lipinski definition) is 2. The third-order valence-electron chi connectivity index (χ3n) is 3.34. The molecule has 5 heteroatoms. The van der Waals surface area contributed by atoms with Crippen molar-refractivity contribution in [1.29, 1.82) is 0 Å². The molecule has 108 valence electrons. The van der Waals surface area contributed by atoms with E-state index in [4.69, 9.17) is 23.2 Å². The molecule has 0 unspecified atom stereocenters. The van der Waals surface area contributed by atoms with E-state index in [9.17, 15) is 4.79 Å². The van der Waals surface area contributed by atoms with Gasteiger partial charge in [0.15, 0.2) is 4.84 Å². The van der Waals surface area contributed by atoms with Crippen LogP contribution in [0.15, 0.2) is 36.4 Å². The first kappa shape index (κ1) is 15.4. The topological polar surface area (TPSA) is 23.6 Å². The molecule has 0 N–H and O–H groups in total. The molecule has 1 saturated heterocycles. The van der Waals surface area contributed by atoms with Crippen LogP contribution < -0.4 is 0 Å². The molecule has 0 aromatic heterocycles. The van der Waals surface area contributed by atoms with Gasteiger partial charge < -0.3 is 4.90 Å². The Morgan fingerprint density at radius 2 is 1.80 bits per heavy atom. The van der Waals surface area contributed by atoms with E-state index in [0.717, 1.165) is 19.6 Å². The number of halogens is 2. The number of benzene rings is 1. The van der Waals surface area contributed by atoms with E-state index in [-0.39, 0.29) is 5.91 Å². The number of carbonyl (C=O) groups excluding carboxylic acids is 1. The number of piperazine rings is 1. The fourth-order valence-electron chi connectivity index (χ4n) is 2.19. The zero-order valence-electron chi connectivity index (χ0n) is 11.2. The molecule has 0 saturated carbocycles. The number of amides is 1. The van der Waals surface area contributed by atoms with Gasteiger partial charge in [-0.2, -0.15) is 0 Å². The van der Waals surface area contributed by atoms with Gasteiger partial charge in [-0.1, -0.05) is 65.7 Å². The van der Waals surface area contributed by atoms with E-state index in [0.29, 0.717) is 13.1 Å². The van der Waals surface area contributed by atoms with Crippen LogP contribution in [0.1, 0.15) is 5.56 Å². The predicted molar refractivity (Wildman–Crippen MR) is 84.0 cm³/mol. The highest BCUT2D eigenvalue weighted by Crippen LogP contribution is 2.10. The second-order valence-electron chi connectivity index (χ2n) is 4.74. The van der Waals surface area contributed by atoms with E-state index in [1.54, 1.807) is 4.90 Å². The summed E-state index contributed by atoms with van der Waals surface area (Å²) in [5.41, 5.74) is 1.20. The van der Waals surface area contributed by atoms with E-state index in [2.05, 4.69) is 29.2 Å².